The molecule has 0 bridgehead atoms. The van der Waals surface area contributed by atoms with Crippen LogP contribution in [0.5, 0.6) is 0 Å². The van der Waals surface area contributed by atoms with Crippen molar-refractivity contribution < 1.29 is 4.74 Å². The smallest absolute Gasteiger partial charge is 0.0940 e. The first-order chi connectivity index (χ1) is 6.90. The normalized spacial score (nSPS) is 18.6. The van der Waals surface area contributed by atoms with E-state index < -0.39 is 0 Å². The van der Waals surface area contributed by atoms with Crippen molar-refractivity contribution in [2.45, 2.75) is 25.2 Å². The van der Waals surface area contributed by atoms with Crippen molar-refractivity contribution in [3.8, 4) is 0 Å². The number of ether oxygens (including phenoxy) is 1. The second-order valence-electron chi connectivity index (χ2n) is 3.58. The number of nitrogens with zero attached hydrogens (tertiary/aromatic N) is 1. The minimum Gasteiger partial charge on any atom is -0.381 e. The summed E-state index contributed by atoms with van der Waals surface area (Å²) in [5, 5.41) is 1.17. The summed E-state index contributed by atoms with van der Waals surface area (Å²) in [6.45, 7) is 2.49. The molecule has 1 aliphatic heterocycles. The number of aromatic nitrogens is 1. The maximum Gasteiger partial charge on any atom is 0.0940 e. The lowest BCUT2D eigenvalue weighted by Gasteiger charge is -2.20. The summed E-state index contributed by atoms with van der Waals surface area (Å²) < 4.78 is 5.34. The summed E-state index contributed by atoms with van der Waals surface area (Å²) in [4.78, 5) is 5.79. The van der Waals surface area contributed by atoms with Gasteiger partial charge >= 0.3 is 0 Å². The number of hydrogen-bond acceptors (Lipinski definition) is 4. The van der Waals surface area contributed by atoms with Gasteiger partial charge in [0.05, 0.1) is 5.01 Å². The minimum absolute atomic E-state index is 0.674. The van der Waals surface area contributed by atoms with E-state index in [4.69, 9.17) is 10.5 Å². The fraction of sp³-hybridized carbons (Fsp3) is 0.700. The Balaban J connectivity index is 2.00. The molecule has 0 saturated carbocycles. The number of thiazole rings is 1. The maximum absolute atomic E-state index is 5.49. The average Bonchev–Trinajstić information content (AvgIpc) is 2.68. The first-order valence-electron chi connectivity index (χ1n) is 5.12. The first-order valence-corrected chi connectivity index (χ1v) is 5.94. The zero-order valence-electron chi connectivity index (χ0n) is 8.24. The van der Waals surface area contributed by atoms with Crippen LogP contribution in [0.3, 0.4) is 0 Å². The van der Waals surface area contributed by atoms with Crippen LogP contribution in [-0.2, 0) is 11.2 Å². The van der Waals surface area contributed by atoms with Gasteiger partial charge in [-0.05, 0) is 25.3 Å². The zero-order chi connectivity index (χ0) is 9.80. The lowest BCUT2D eigenvalue weighted by molar-refractivity contribution is 0.0860. The summed E-state index contributed by atoms with van der Waals surface area (Å²) in [6, 6.07) is 0. The van der Waals surface area contributed by atoms with Gasteiger partial charge in [-0.1, -0.05) is 0 Å². The van der Waals surface area contributed by atoms with Gasteiger partial charge in [-0.2, -0.15) is 0 Å². The minimum atomic E-state index is 0.674. The highest BCUT2D eigenvalue weighted by atomic mass is 32.1. The van der Waals surface area contributed by atoms with Crippen LogP contribution in [0.1, 0.15) is 28.6 Å². The van der Waals surface area contributed by atoms with Gasteiger partial charge in [0.25, 0.3) is 0 Å². The van der Waals surface area contributed by atoms with Gasteiger partial charge in [0.1, 0.15) is 0 Å². The molecule has 1 saturated heterocycles. The Morgan fingerprint density at radius 2 is 2.29 bits per heavy atom. The highest BCUT2D eigenvalue weighted by Gasteiger charge is 2.17. The molecule has 1 aromatic rings. The summed E-state index contributed by atoms with van der Waals surface area (Å²) in [5.41, 5.74) is 5.49. The van der Waals surface area contributed by atoms with E-state index in [1.165, 1.54) is 9.88 Å². The molecule has 0 radical (unpaired) electrons. The molecule has 1 aliphatic rings. The standard InChI is InChI=1S/C10H16N2OS/c11-4-1-10-12-7-9(14-10)8-2-5-13-6-3-8/h7-8H,1-6,11H2. The maximum atomic E-state index is 5.49. The van der Waals surface area contributed by atoms with Crippen LogP contribution in [0.4, 0.5) is 0 Å². The SMILES string of the molecule is NCCc1ncc(C2CCOCC2)s1. The fourth-order valence-corrected chi connectivity index (χ4v) is 2.84. The lowest BCUT2D eigenvalue weighted by Crippen LogP contribution is -2.12. The Morgan fingerprint density at radius 3 is 3.00 bits per heavy atom. The van der Waals surface area contributed by atoms with E-state index >= 15 is 0 Å². The van der Waals surface area contributed by atoms with Crippen molar-refractivity contribution in [2.24, 2.45) is 5.73 Å². The monoisotopic (exact) mass is 212 g/mol. The summed E-state index contributed by atoms with van der Waals surface area (Å²) >= 11 is 1.82. The molecule has 78 valence electrons. The highest BCUT2D eigenvalue weighted by Crippen LogP contribution is 2.30. The van der Waals surface area contributed by atoms with Crippen molar-refractivity contribution in [1.82, 2.24) is 4.98 Å². The van der Waals surface area contributed by atoms with Gasteiger partial charge in [0.2, 0.25) is 0 Å². The zero-order valence-corrected chi connectivity index (χ0v) is 9.05. The highest BCUT2D eigenvalue weighted by molar-refractivity contribution is 7.11. The molecule has 2 rings (SSSR count). The lowest BCUT2D eigenvalue weighted by atomic mass is 9.99. The molecule has 2 N–H and O–H groups in total. The molecule has 0 aliphatic carbocycles. The van der Waals surface area contributed by atoms with Crippen LogP contribution in [-0.4, -0.2) is 24.7 Å². The van der Waals surface area contributed by atoms with E-state index in [-0.39, 0.29) is 0 Å². The Kier molecular flexibility index (Phi) is 3.50. The molecular weight excluding hydrogens is 196 g/mol. The quantitative estimate of drug-likeness (QED) is 0.826. The van der Waals surface area contributed by atoms with Crippen LogP contribution >= 0.6 is 11.3 Å². The van der Waals surface area contributed by atoms with Crippen molar-refractivity contribution in [1.29, 1.82) is 0 Å². The van der Waals surface area contributed by atoms with Gasteiger partial charge in [-0.3, -0.25) is 0 Å². The van der Waals surface area contributed by atoms with Gasteiger partial charge in [-0.15, -0.1) is 11.3 Å². The van der Waals surface area contributed by atoms with Crippen molar-refractivity contribution >= 4 is 11.3 Å². The second kappa shape index (κ2) is 4.87. The van der Waals surface area contributed by atoms with E-state index in [1.807, 2.05) is 17.5 Å². The molecule has 4 heteroatoms. The van der Waals surface area contributed by atoms with Gasteiger partial charge in [0, 0.05) is 30.7 Å². The molecule has 3 nitrogen and oxygen atoms in total. The van der Waals surface area contributed by atoms with Crippen LogP contribution in [0.25, 0.3) is 0 Å². The van der Waals surface area contributed by atoms with E-state index in [1.54, 1.807) is 0 Å². The van der Waals surface area contributed by atoms with Gasteiger partial charge < -0.3 is 10.5 Å². The van der Waals surface area contributed by atoms with Crippen molar-refractivity contribution in [3.05, 3.63) is 16.1 Å². The van der Waals surface area contributed by atoms with Crippen molar-refractivity contribution in [2.75, 3.05) is 19.8 Å². The Hall–Kier alpha value is -0.450. The first kappa shape index (κ1) is 10.1. The molecule has 0 amide bonds. The summed E-state index contributed by atoms with van der Waals surface area (Å²) in [5.74, 6) is 0.674. The average molecular weight is 212 g/mol. The number of hydrogen-bond donors (Lipinski definition) is 1. The predicted molar refractivity (Wildman–Crippen MR) is 57.7 cm³/mol. The molecule has 0 unspecified atom stereocenters. The van der Waals surface area contributed by atoms with Gasteiger partial charge in [-0.25, -0.2) is 4.98 Å². The van der Waals surface area contributed by atoms with Crippen molar-refractivity contribution in [3.63, 3.8) is 0 Å². The Morgan fingerprint density at radius 1 is 1.50 bits per heavy atom. The van der Waals surface area contributed by atoms with E-state index in [0.717, 1.165) is 32.5 Å². The summed E-state index contributed by atoms with van der Waals surface area (Å²) in [7, 11) is 0. The third kappa shape index (κ3) is 2.32. The molecule has 1 fully saturated rings. The molecule has 1 aromatic heterocycles. The predicted octanol–water partition coefficient (Wildman–Crippen LogP) is 1.54. The Labute approximate surface area is 88.3 Å². The second-order valence-corrected chi connectivity index (χ2v) is 4.73. The van der Waals surface area contributed by atoms with Gasteiger partial charge in [0.15, 0.2) is 0 Å². The van der Waals surface area contributed by atoms with E-state index in [2.05, 4.69) is 4.98 Å². The molecule has 0 spiro atoms. The molecule has 0 aromatic carbocycles. The van der Waals surface area contributed by atoms with Crippen LogP contribution in [0.2, 0.25) is 0 Å². The van der Waals surface area contributed by atoms with Crippen LogP contribution in [0, 0.1) is 0 Å². The van der Waals surface area contributed by atoms with E-state index in [9.17, 15) is 0 Å². The molecule has 2 heterocycles. The summed E-state index contributed by atoms with van der Waals surface area (Å²) in [6.07, 6.45) is 5.22. The third-order valence-corrected chi connectivity index (χ3v) is 3.77. The topological polar surface area (TPSA) is 48.1 Å². The fourth-order valence-electron chi connectivity index (χ4n) is 1.73. The molecular formula is C10H16N2OS. The molecule has 14 heavy (non-hydrogen) atoms. The Bertz CT molecular complexity index is 281. The van der Waals surface area contributed by atoms with Crippen LogP contribution in [0.15, 0.2) is 6.20 Å². The van der Waals surface area contributed by atoms with E-state index in [0.29, 0.717) is 12.5 Å². The molecule has 0 atom stereocenters. The number of rotatable bonds is 3. The van der Waals surface area contributed by atoms with Crippen LogP contribution < -0.4 is 5.73 Å². The number of nitrogens with two attached hydrogens (primary N) is 1. The third-order valence-electron chi connectivity index (χ3n) is 2.55. The largest absolute Gasteiger partial charge is 0.381 e.